The van der Waals surface area contributed by atoms with Gasteiger partial charge in [-0.05, 0) is 34.3 Å². The highest BCUT2D eigenvalue weighted by atomic mass is 79.9. The number of rotatable bonds is 6. The van der Waals surface area contributed by atoms with Crippen molar-refractivity contribution >= 4 is 44.8 Å². The summed E-state index contributed by atoms with van der Waals surface area (Å²) in [5.74, 6) is -0.265. The minimum atomic E-state index is -0.841. The molecule has 0 radical (unpaired) electrons. The Labute approximate surface area is 129 Å². The molecular weight excluding hydrogens is 342 g/mol. The van der Waals surface area contributed by atoms with Gasteiger partial charge in [0, 0.05) is 17.2 Å². The third kappa shape index (κ3) is 3.73. The molecule has 0 saturated heterocycles. The third-order valence-electron chi connectivity index (χ3n) is 2.77. The molecule has 2 rings (SSSR count). The van der Waals surface area contributed by atoms with Crippen LogP contribution in [0.2, 0.25) is 0 Å². The van der Waals surface area contributed by atoms with Gasteiger partial charge in [0.15, 0.2) is 10.8 Å². The molecule has 0 fully saturated rings. The van der Waals surface area contributed by atoms with E-state index < -0.39 is 5.97 Å². The Balaban J connectivity index is 2.36. The number of aromatic nitrogens is 3. The van der Waals surface area contributed by atoms with Crippen LogP contribution in [0.3, 0.4) is 0 Å². The average Bonchev–Trinajstić information content (AvgIpc) is 2.70. The van der Waals surface area contributed by atoms with E-state index in [2.05, 4.69) is 39.7 Å². The summed E-state index contributed by atoms with van der Waals surface area (Å²) in [4.78, 5) is 19.6. The van der Waals surface area contributed by atoms with Gasteiger partial charge in [-0.15, -0.1) is 0 Å². The van der Waals surface area contributed by atoms with Crippen LogP contribution in [0.15, 0.2) is 21.9 Å². The highest BCUT2D eigenvalue weighted by molar-refractivity contribution is 9.10. The van der Waals surface area contributed by atoms with Gasteiger partial charge >= 0.3 is 5.97 Å². The number of carbonyl (C=O) groups is 1. The van der Waals surface area contributed by atoms with E-state index in [1.165, 1.54) is 11.8 Å². The van der Waals surface area contributed by atoms with Crippen molar-refractivity contribution in [3.8, 4) is 0 Å². The minimum Gasteiger partial charge on any atom is -0.481 e. The quantitative estimate of drug-likeness (QED) is 0.802. The number of thioether (sulfide) groups is 1. The summed E-state index contributed by atoms with van der Waals surface area (Å²) in [5, 5.41) is 9.54. The molecule has 108 valence electrons. The molecule has 0 atom stereocenters. The average molecular weight is 358 g/mol. The predicted molar refractivity (Wildman–Crippen MR) is 83.0 cm³/mol. The van der Waals surface area contributed by atoms with E-state index in [4.69, 9.17) is 5.11 Å². The lowest BCUT2D eigenvalue weighted by Gasteiger charge is -2.09. The summed E-state index contributed by atoms with van der Waals surface area (Å²) in [5.41, 5.74) is 1.60. The van der Waals surface area contributed by atoms with Crippen LogP contribution < -0.4 is 0 Å². The number of aliphatic carboxylic acids is 1. The molecule has 0 aromatic carbocycles. The first-order valence-electron chi connectivity index (χ1n) is 6.33. The largest absolute Gasteiger partial charge is 0.481 e. The molecular formula is C13H16BrN3O2S. The van der Waals surface area contributed by atoms with Crippen molar-refractivity contribution in [2.45, 2.75) is 32.0 Å². The van der Waals surface area contributed by atoms with Gasteiger partial charge in [-0.1, -0.05) is 25.6 Å². The fourth-order valence-electron chi connectivity index (χ4n) is 1.79. The van der Waals surface area contributed by atoms with Gasteiger partial charge in [0.2, 0.25) is 0 Å². The first-order chi connectivity index (χ1) is 9.47. The second-order valence-electron chi connectivity index (χ2n) is 4.91. The fraction of sp³-hybridized carbons (Fsp3) is 0.462. The molecule has 1 N–H and O–H groups in total. The van der Waals surface area contributed by atoms with Crippen molar-refractivity contribution in [2.75, 3.05) is 5.75 Å². The molecule has 20 heavy (non-hydrogen) atoms. The highest BCUT2D eigenvalue weighted by Gasteiger charge is 2.14. The lowest BCUT2D eigenvalue weighted by Crippen LogP contribution is -2.06. The molecule has 0 aliphatic heterocycles. The maximum Gasteiger partial charge on any atom is 0.313 e. The van der Waals surface area contributed by atoms with Gasteiger partial charge in [-0.2, -0.15) is 0 Å². The molecule has 0 amide bonds. The maximum absolute atomic E-state index is 10.7. The Morgan fingerprint density at radius 2 is 2.30 bits per heavy atom. The van der Waals surface area contributed by atoms with E-state index >= 15 is 0 Å². The van der Waals surface area contributed by atoms with Gasteiger partial charge in [0.25, 0.3) is 0 Å². The summed E-state index contributed by atoms with van der Waals surface area (Å²) in [6, 6.07) is 1.90. The molecule has 0 saturated carbocycles. The van der Waals surface area contributed by atoms with E-state index in [0.717, 1.165) is 28.6 Å². The molecule has 5 nitrogen and oxygen atoms in total. The maximum atomic E-state index is 10.7. The zero-order chi connectivity index (χ0) is 14.7. The van der Waals surface area contributed by atoms with Crippen molar-refractivity contribution in [1.29, 1.82) is 0 Å². The van der Waals surface area contributed by atoms with Crippen molar-refractivity contribution in [3.63, 3.8) is 0 Å². The van der Waals surface area contributed by atoms with Crippen LogP contribution in [0.5, 0.6) is 0 Å². The lowest BCUT2D eigenvalue weighted by molar-refractivity contribution is -0.133. The molecule has 0 aliphatic carbocycles. The lowest BCUT2D eigenvalue weighted by atomic mass is 10.1. The smallest absolute Gasteiger partial charge is 0.313 e. The van der Waals surface area contributed by atoms with Crippen LogP contribution in [-0.4, -0.2) is 31.4 Å². The first kappa shape index (κ1) is 15.3. The van der Waals surface area contributed by atoms with E-state index in [1.807, 2.05) is 10.6 Å². The number of aryl methyl sites for hydroxylation is 1. The van der Waals surface area contributed by atoms with Crippen molar-refractivity contribution < 1.29 is 9.90 Å². The minimum absolute atomic E-state index is 0.00612. The van der Waals surface area contributed by atoms with Crippen LogP contribution >= 0.6 is 27.7 Å². The number of halogens is 1. The molecule has 0 spiro atoms. The Morgan fingerprint density at radius 1 is 1.55 bits per heavy atom. The molecule has 2 aromatic heterocycles. The van der Waals surface area contributed by atoms with Crippen LogP contribution in [0, 0.1) is 5.92 Å². The predicted octanol–water partition coefficient (Wildman–Crippen LogP) is 3.42. The Hall–Kier alpha value is -1.08. The molecule has 2 heterocycles. The van der Waals surface area contributed by atoms with Crippen LogP contribution in [0.25, 0.3) is 11.2 Å². The van der Waals surface area contributed by atoms with E-state index in [1.54, 1.807) is 6.20 Å². The van der Waals surface area contributed by atoms with Crippen molar-refractivity contribution in [3.05, 3.63) is 16.7 Å². The molecule has 0 aliphatic rings. The molecule has 0 unspecified atom stereocenters. The first-order valence-corrected chi connectivity index (χ1v) is 8.11. The summed E-state index contributed by atoms with van der Waals surface area (Å²) in [6.07, 6.45) is 2.74. The Kier molecular flexibility index (Phi) is 5.04. The van der Waals surface area contributed by atoms with Crippen LogP contribution in [0.1, 0.15) is 20.3 Å². The van der Waals surface area contributed by atoms with Crippen molar-refractivity contribution in [1.82, 2.24) is 14.5 Å². The SMILES string of the molecule is CC(C)CCn1c(SCC(=O)O)nc2cc(Br)cnc21. The zero-order valence-corrected chi connectivity index (χ0v) is 13.7. The summed E-state index contributed by atoms with van der Waals surface area (Å²) in [6.45, 7) is 5.12. The number of pyridine rings is 1. The van der Waals surface area contributed by atoms with E-state index in [9.17, 15) is 4.79 Å². The molecule has 7 heteroatoms. The number of hydrogen-bond donors (Lipinski definition) is 1. The number of hydrogen-bond acceptors (Lipinski definition) is 4. The highest BCUT2D eigenvalue weighted by Crippen LogP contribution is 2.25. The zero-order valence-electron chi connectivity index (χ0n) is 11.3. The fourth-order valence-corrected chi connectivity index (χ4v) is 2.86. The third-order valence-corrected chi connectivity index (χ3v) is 4.17. The van der Waals surface area contributed by atoms with E-state index in [-0.39, 0.29) is 5.75 Å². The Bertz CT molecular complexity index is 627. The molecule has 2 aromatic rings. The topological polar surface area (TPSA) is 68.0 Å². The number of carboxylic acids is 1. The van der Waals surface area contributed by atoms with Gasteiger partial charge in [0.1, 0.15) is 5.52 Å². The monoisotopic (exact) mass is 357 g/mol. The normalized spacial score (nSPS) is 11.4. The van der Waals surface area contributed by atoms with Gasteiger partial charge in [-0.3, -0.25) is 4.79 Å². The number of nitrogens with zero attached hydrogens (tertiary/aromatic N) is 3. The molecule has 0 bridgehead atoms. The second kappa shape index (κ2) is 6.58. The van der Waals surface area contributed by atoms with Gasteiger partial charge in [-0.25, -0.2) is 9.97 Å². The van der Waals surface area contributed by atoms with Crippen molar-refractivity contribution in [2.24, 2.45) is 5.92 Å². The van der Waals surface area contributed by atoms with Gasteiger partial charge in [0.05, 0.1) is 5.75 Å². The van der Waals surface area contributed by atoms with Gasteiger partial charge < -0.3 is 9.67 Å². The number of carboxylic acid groups (broad SMARTS) is 1. The van der Waals surface area contributed by atoms with E-state index in [0.29, 0.717) is 11.1 Å². The number of imidazole rings is 1. The number of fused-ring (bicyclic) bond motifs is 1. The second-order valence-corrected chi connectivity index (χ2v) is 6.77. The summed E-state index contributed by atoms with van der Waals surface area (Å²) in [7, 11) is 0. The summed E-state index contributed by atoms with van der Waals surface area (Å²) < 4.78 is 2.88. The standard InChI is InChI=1S/C13H16BrN3O2S/c1-8(2)3-4-17-12-10(5-9(14)6-15-12)16-13(17)20-7-11(18)19/h5-6,8H,3-4,7H2,1-2H3,(H,18,19). The summed E-state index contributed by atoms with van der Waals surface area (Å²) >= 11 is 4.61. The Morgan fingerprint density at radius 3 is 2.95 bits per heavy atom. The van der Waals surface area contributed by atoms with Crippen LogP contribution in [0.4, 0.5) is 0 Å². The van der Waals surface area contributed by atoms with Crippen LogP contribution in [-0.2, 0) is 11.3 Å².